The Morgan fingerprint density at radius 1 is 1.03 bits per heavy atom. The molecule has 0 aromatic heterocycles. The number of nitrogens with zero attached hydrogens (tertiary/aromatic N) is 1. The van der Waals surface area contributed by atoms with Crippen LogP contribution in [0.1, 0.15) is 28.4 Å². The number of hydrogen-bond donors (Lipinski definition) is 0. The van der Waals surface area contributed by atoms with Gasteiger partial charge in [-0.3, -0.25) is 14.5 Å². The molecule has 4 rings (SSSR count). The van der Waals surface area contributed by atoms with Crippen molar-refractivity contribution in [2.24, 2.45) is 0 Å². The van der Waals surface area contributed by atoms with E-state index >= 15 is 0 Å². The first-order valence-corrected chi connectivity index (χ1v) is 11.8. The van der Waals surface area contributed by atoms with E-state index < -0.39 is 22.9 Å². The molecule has 1 saturated heterocycles. The predicted octanol–water partition coefficient (Wildman–Crippen LogP) is 6.33. The van der Waals surface area contributed by atoms with Crippen molar-refractivity contribution in [2.45, 2.75) is 13.5 Å². The van der Waals surface area contributed by atoms with Gasteiger partial charge in [0.15, 0.2) is 11.5 Å². The van der Waals surface area contributed by atoms with Crippen LogP contribution < -0.4 is 9.47 Å². The van der Waals surface area contributed by atoms with Crippen LogP contribution in [0.15, 0.2) is 71.6 Å². The number of hydrogen-bond acceptors (Lipinski definition) is 6. The lowest BCUT2D eigenvalue weighted by Crippen LogP contribution is -2.27. The second kappa shape index (κ2) is 10.8. The Morgan fingerprint density at radius 3 is 2.43 bits per heavy atom. The highest BCUT2D eigenvalue weighted by atomic mass is 35.5. The molecule has 0 N–H and O–H groups in total. The van der Waals surface area contributed by atoms with E-state index in [1.165, 1.54) is 24.3 Å². The summed E-state index contributed by atoms with van der Waals surface area (Å²) in [5, 5.41) is 0.0899. The molecule has 1 aliphatic rings. The van der Waals surface area contributed by atoms with Crippen LogP contribution in [0.5, 0.6) is 11.5 Å². The summed E-state index contributed by atoms with van der Waals surface area (Å²) in [6, 6.07) is 16.8. The summed E-state index contributed by atoms with van der Waals surface area (Å²) < 4.78 is 24.3. The number of halogens is 2. The number of rotatable bonds is 7. The van der Waals surface area contributed by atoms with Crippen molar-refractivity contribution >= 4 is 46.6 Å². The molecule has 0 atom stereocenters. The summed E-state index contributed by atoms with van der Waals surface area (Å²) in [5.74, 6) is -0.879. The summed E-state index contributed by atoms with van der Waals surface area (Å²) in [6.07, 6.45) is 1.57. The SMILES string of the molecule is CCOc1cc(/C=C2\SC(=O)N(Cc3ccc(F)cc3)C2=O)ccc1OC(=O)c1ccc(Cl)cc1. The van der Waals surface area contributed by atoms with Crippen molar-refractivity contribution in [1.82, 2.24) is 4.90 Å². The Labute approximate surface area is 210 Å². The molecule has 0 radical (unpaired) electrons. The summed E-state index contributed by atoms with van der Waals surface area (Å²) in [6.45, 7) is 2.16. The van der Waals surface area contributed by atoms with Crippen LogP contribution in [0, 0.1) is 5.82 Å². The van der Waals surface area contributed by atoms with Gasteiger partial charge in [0.25, 0.3) is 11.1 Å². The first-order valence-electron chi connectivity index (χ1n) is 10.6. The minimum Gasteiger partial charge on any atom is -0.490 e. The topological polar surface area (TPSA) is 72.9 Å². The van der Waals surface area contributed by atoms with Gasteiger partial charge in [0.2, 0.25) is 0 Å². The molecule has 9 heteroatoms. The van der Waals surface area contributed by atoms with Crippen molar-refractivity contribution in [3.05, 3.63) is 99.2 Å². The Balaban J connectivity index is 1.52. The average Bonchev–Trinajstić information content (AvgIpc) is 3.10. The predicted molar refractivity (Wildman–Crippen MR) is 132 cm³/mol. The van der Waals surface area contributed by atoms with Gasteiger partial charge in [-0.15, -0.1) is 0 Å². The largest absolute Gasteiger partial charge is 0.490 e. The molecule has 3 aromatic rings. The van der Waals surface area contributed by atoms with Gasteiger partial charge in [0.05, 0.1) is 23.6 Å². The second-order valence-corrected chi connectivity index (χ2v) is 8.86. The lowest BCUT2D eigenvalue weighted by atomic mass is 10.1. The maximum atomic E-state index is 13.1. The van der Waals surface area contributed by atoms with Gasteiger partial charge >= 0.3 is 5.97 Å². The van der Waals surface area contributed by atoms with E-state index in [9.17, 15) is 18.8 Å². The molecular weight excluding hydrogens is 493 g/mol. The monoisotopic (exact) mass is 511 g/mol. The Bertz CT molecular complexity index is 1310. The van der Waals surface area contributed by atoms with Crippen molar-refractivity contribution in [3.63, 3.8) is 0 Å². The molecule has 35 heavy (non-hydrogen) atoms. The van der Waals surface area contributed by atoms with Crippen molar-refractivity contribution < 1.29 is 28.2 Å². The first-order chi connectivity index (χ1) is 16.8. The number of carbonyl (C=O) groups excluding carboxylic acids is 3. The molecule has 1 aliphatic heterocycles. The normalized spacial score (nSPS) is 14.5. The Hall–Kier alpha value is -3.62. The standard InChI is InChI=1S/C26H19ClFNO5S/c1-2-33-22-13-17(5-12-21(22)34-25(31)18-6-8-19(27)9-7-18)14-23-24(30)29(26(32)35-23)15-16-3-10-20(28)11-4-16/h3-14H,2,15H2,1H3/b23-14-. The molecule has 0 unspecified atom stereocenters. The van der Waals surface area contributed by atoms with Crippen LogP contribution in [0.3, 0.4) is 0 Å². The molecule has 6 nitrogen and oxygen atoms in total. The molecule has 1 heterocycles. The van der Waals surface area contributed by atoms with Crippen molar-refractivity contribution in [3.8, 4) is 11.5 Å². The lowest BCUT2D eigenvalue weighted by Gasteiger charge is -2.12. The zero-order chi connectivity index (χ0) is 24.9. The number of esters is 1. The third-order valence-corrected chi connectivity index (χ3v) is 6.13. The number of imide groups is 1. The van der Waals surface area contributed by atoms with E-state index in [0.717, 1.165) is 16.7 Å². The van der Waals surface area contributed by atoms with E-state index in [1.54, 1.807) is 55.5 Å². The summed E-state index contributed by atoms with van der Waals surface area (Å²) >= 11 is 6.68. The molecule has 1 fully saturated rings. The highest BCUT2D eigenvalue weighted by Crippen LogP contribution is 2.35. The van der Waals surface area contributed by atoms with Gasteiger partial charge < -0.3 is 9.47 Å². The smallest absolute Gasteiger partial charge is 0.343 e. The van der Waals surface area contributed by atoms with Crippen LogP contribution in [-0.2, 0) is 11.3 Å². The van der Waals surface area contributed by atoms with E-state index in [1.807, 2.05) is 0 Å². The fraction of sp³-hybridized carbons (Fsp3) is 0.115. The number of thioether (sulfide) groups is 1. The molecule has 0 spiro atoms. The maximum Gasteiger partial charge on any atom is 0.343 e. The van der Waals surface area contributed by atoms with Crippen molar-refractivity contribution in [1.29, 1.82) is 0 Å². The van der Waals surface area contributed by atoms with E-state index in [-0.39, 0.29) is 17.2 Å². The summed E-state index contributed by atoms with van der Waals surface area (Å²) in [4.78, 5) is 39.1. The molecule has 2 amide bonds. The van der Waals surface area contributed by atoms with Crippen LogP contribution in [0.2, 0.25) is 5.02 Å². The molecule has 0 bridgehead atoms. The molecule has 178 valence electrons. The first kappa shape index (κ1) is 24.5. The van der Waals surface area contributed by atoms with Gasteiger partial charge in [0.1, 0.15) is 5.82 Å². The van der Waals surface area contributed by atoms with Crippen LogP contribution >= 0.6 is 23.4 Å². The van der Waals surface area contributed by atoms with Gasteiger partial charge in [0, 0.05) is 5.02 Å². The maximum absolute atomic E-state index is 13.1. The summed E-state index contributed by atoms with van der Waals surface area (Å²) in [7, 11) is 0. The molecule has 0 saturated carbocycles. The van der Waals surface area contributed by atoms with Crippen molar-refractivity contribution in [2.75, 3.05) is 6.61 Å². The second-order valence-electron chi connectivity index (χ2n) is 7.43. The van der Waals surface area contributed by atoms with Crippen LogP contribution in [0.25, 0.3) is 6.08 Å². The van der Waals surface area contributed by atoms with Gasteiger partial charge in [-0.25, -0.2) is 9.18 Å². The average molecular weight is 512 g/mol. The Kier molecular flexibility index (Phi) is 7.53. The molecule has 3 aromatic carbocycles. The van der Waals surface area contributed by atoms with Crippen LogP contribution in [-0.4, -0.2) is 28.6 Å². The quantitative estimate of drug-likeness (QED) is 0.209. The zero-order valence-corrected chi connectivity index (χ0v) is 20.1. The number of amides is 2. The highest BCUT2D eigenvalue weighted by Gasteiger charge is 2.35. The summed E-state index contributed by atoms with van der Waals surface area (Å²) in [5.41, 5.74) is 1.56. The third kappa shape index (κ3) is 5.90. The van der Waals surface area contributed by atoms with E-state index in [0.29, 0.717) is 34.1 Å². The number of carbonyl (C=O) groups is 3. The van der Waals surface area contributed by atoms with Gasteiger partial charge in [-0.1, -0.05) is 29.8 Å². The van der Waals surface area contributed by atoms with E-state index in [2.05, 4.69) is 0 Å². The fourth-order valence-electron chi connectivity index (χ4n) is 3.27. The fourth-order valence-corrected chi connectivity index (χ4v) is 4.24. The highest BCUT2D eigenvalue weighted by molar-refractivity contribution is 8.18. The zero-order valence-electron chi connectivity index (χ0n) is 18.5. The number of ether oxygens (including phenoxy) is 2. The minimum atomic E-state index is -0.572. The molecular formula is C26H19ClFNO5S. The minimum absolute atomic E-state index is 0.0477. The van der Waals surface area contributed by atoms with E-state index in [4.69, 9.17) is 21.1 Å². The number of benzene rings is 3. The van der Waals surface area contributed by atoms with Gasteiger partial charge in [-0.2, -0.15) is 0 Å². The third-order valence-electron chi connectivity index (χ3n) is 4.98. The van der Waals surface area contributed by atoms with Gasteiger partial charge in [-0.05, 0) is 84.4 Å². The molecule has 0 aliphatic carbocycles. The lowest BCUT2D eigenvalue weighted by molar-refractivity contribution is -0.123. The Morgan fingerprint density at radius 2 is 1.74 bits per heavy atom. The van der Waals surface area contributed by atoms with Crippen LogP contribution in [0.4, 0.5) is 9.18 Å².